The van der Waals surface area contributed by atoms with Gasteiger partial charge >= 0.3 is 0 Å². The van der Waals surface area contributed by atoms with Crippen molar-refractivity contribution in [3.05, 3.63) is 63.6 Å². The SMILES string of the molecule is CC(NC(=O)c1ccc(Cl)c(Cl)c1)c1ccc(S(N)(=O)=O)cc1. The Balaban J connectivity index is 2.13. The minimum Gasteiger partial charge on any atom is -0.346 e. The normalized spacial score (nSPS) is 12.7. The largest absolute Gasteiger partial charge is 0.346 e. The monoisotopic (exact) mass is 372 g/mol. The number of benzene rings is 2. The summed E-state index contributed by atoms with van der Waals surface area (Å²) in [6.07, 6.45) is 0. The summed E-state index contributed by atoms with van der Waals surface area (Å²) in [5, 5.41) is 8.51. The molecule has 8 heteroatoms. The number of amides is 1. The summed E-state index contributed by atoms with van der Waals surface area (Å²) in [7, 11) is -3.73. The summed E-state index contributed by atoms with van der Waals surface area (Å²) in [6.45, 7) is 1.78. The molecule has 0 aliphatic rings. The number of carbonyl (C=O) groups is 1. The molecule has 2 aromatic carbocycles. The molecule has 0 aliphatic heterocycles. The highest BCUT2D eigenvalue weighted by Crippen LogP contribution is 2.23. The van der Waals surface area contributed by atoms with Gasteiger partial charge < -0.3 is 5.32 Å². The second-order valence-corrected chi connectivity index (χ2v) is 7.31. The van der Waals surface area contributed by atoms with Gasteiger partial charge in [0.05, 0.1) is 21.0 Å². The molecule has 122 valence electrons. The number of hydrogen-bond acceptors (Lipinski definition) is 3. The van der Waals surface area contributed by atoms with E-state index in [9.17, 15) is 13.2 Å². The van der Waals surface area contributed by atoms with E-state index in [4.69, 9.17) is 28.3 Å². The fourth-order valence-electron chi connectivity index (χ4n) is 1.95. The molecule has 0 aliphatic carbocycles. The highest BCUT2D eigenvalue weighted by atomic mass is 35.5. The lowest BCUT2D eigenvalue weighted by Gasteiger charge is -2.15. The average Bonchev–Trinajstić information content (AvgIpc) is 2.49. The average molecular weight is 373 g/mol. The highest BCUT2D eigenvalue weighted by Gasteiger charge is 2.14. The highest BCUT2D eigenvalue weighted by molar-refractivity contribution is 7.89. The second-order valence-electron chi connectivity index (χ2n) is 4.94. The Labute approximate surface area is 144 Å². The topological polar surface area (TPSA) is 89.3 Å². The van der Waals surface area contributed by atoms with Crippen molar-refractivity contribution < 1.29 is 13.2 Å². The van der Waals surface area contributed by atoms with Gasteiger partial charge in [0, 0.05) is 5.56 Å². The Morgan fingerprint density at radius 1 is 1.09 bits per heavy atom. The summed E-state index contributed by atoms with van der Waals surface area (Å²) < 4.78 is 22.4. The number of primary sulfonamides is 1. The predicted octanol–water partition coefficient (Wildman–Crippen LogP) is 3.13. The van der Waals surface area contributed by atoms with Crippen molar-refractivity contribution in [2.24, 2.45) is 5.14 Å². The molecular weight excluding hydrogens is 359 g/mol. The Morgan fingerprint density at radius 3 is 2.22 bits per heavy atom. The van der Waals surface area contributed by atoms with Gasteiger partial charge in [0.2, 0.25) is 10.0 Å². The van der Waals surface area contributed by atoms with Gasteiger partial charge in [-0.2, -0.15) is 0 Å². The van der Waals surface area contributed by atoms with Crippen molar-refractivity contribution in [1.29, 1.82) is 0 Å². The molecule has 2 aromatic rings. The van der Waals surface area contributed by atoms with E-state index in [0.29, 0.717) is 15.6 Å². The van der Waals surface area contributed by atoms with Crippen LogP contribution in [0.25, 0.3) is 0 Å². The number of nitrogens with one attached hydrogen (secondary N) is 1. The Hall–Kier alpha value is -1.60. The van der Waals surface area contributed by atoms with Crippen LogP contribution < -0.4 is 10.5 Å². The molecule has 0 radical (unpaired) electrons. The number of sulfonamides is 1. The van der Waals surface area contributed by atoms with E-state index in [1.54, 1.807) is 31.2 Å². The third-order valence-electron chi connectivity index (χ3n) is 3.24. The number of carbonyl (C=O) groups excluding carboxylic acids is 1. The maximum atomic E-state index is 12.2. The van der Waals surface area contributed by atoms with Crippen LogP contribution in [0.4, 0.5) is 0 Å². The van der Waals surface area contributed by atoms with E-state index in [1.807, 2.05) is 0 Å². The molecule has 0 fully saturated rings. The first-order valence-corrected chi connectivity index (χ1v) is 8.87. The lowest BCUT2D eigenvalue weighted by molar-refractivity contribution is 0.0940. The summed E-state index contributed by atoms with van der Waals surface area (Å²) in [5.74, 6) is -0.313. The van der Waals surface area contributed by atoms with E-state index in [1.165, 1.54) is 18.2 Å². The molecule has 5 nitrogen and oxygen atoms in total. The second kappa shape index (κ2) is 6.88. The van der Waals surface area contributed by atoms with Gasteiger partial charge in [-0.1, -0.05) is 35.3 Å². The molecule has 0 bridgehead atoms. The number of rotatable bonds is 4. The molecule has 0 aromatic heterocycles. The van der Waals surface area contributed by atoms with Crippen molar-refractivity contribution >= 4 is 39.1 Å². The summed E-state index contributed by atoms with van der Waals surface area (Å²) in [5.41, 5.74) is 1.12. The fraction of sp³-hybridized carbons (Fsp3) is 0.133. The maximum absolute atomic E-state index is 12.2. The Kier molecular flexibility index (Phi) is 5.31. The van der Waals surface area contributed by atoms with Gasteiger partial charge in [-0.3, -0.25) is 4.79 Å². The molecule has 0 heterocycles. The molecule has 1 atom stereocenters. The molecule has 3 N–H and O–H groups in total. The van der Waals surface area contributed by atoms with Gasteiger partial charge in [-0.25, -0.2) is 13.6 Å². The molecule has 1 unspecified atom stereocenters. The van der Waals surface area contributed by atoms with E-state index in [2.05, 4.69) is 5.32 Å². The van der Waals surface area contributed by atoms with Crippen LogP contribution in [0.2, 0.25) is 10.0 Å². The van der Waals surface area contributed by atoms with Crippen LogP contribution >= 0.6 is 23.2 Å². The molecule has 1 amide bonds. The van der Waals surface area contributed by atoms with Gasteiger partial charge in [-0.15, -0.1) is 0 Å². The van der Waals surface area contributed by atoms with Crippen LogP contribution in [0.15, 0.2) is 47.4 Å². The van der Waals surface area contributed by atoms with Crippen molar-refractivity contribution in [2.75, 3.05) is 0 Å². The molecule has 0 saturated carbocycles. The smallest absolute Gasteiger partial charge is 0.251 e. The quantitative estimate of drug-likeness (QED) is 0.863. The first-order chi connectivity index (χ1) is 10.7. The van der Waals surface area contributed by atoms with Crippen molar-refractivity contribution in [3.8, 4) is 0 Å². The minimum absolute atomic E-state index is 0.0178. The van der Waals surface area contributed by atoms with Crippen LogP contribution in [0.1, 0.15) is 28.9 Å². The summed E-state index contributed by atoms with van der Waals surface area (Å²) in [6, 6.07) is 10.3. The summed E-state index contributed by atoms with van der Waals surface area (Å²) in [4.78, 5) is 12.2. The van der Waals surface area contributed by atoms with Crippen LogP contribution in [0, 0.1) is 0 Å². The molecule has 0 spiro atoms. The maximum Gasteiger partial charge on any atom is 0.251 e. The van der Waals surface area contributed by atoms with Crippen LogP contribution in [0.5, 0.6) is 0 Å². The number of halogens is 2. The minimum atomic E-state index is -3.73. The zero-order chi connectivity index (χ0) is 17.2. The molecular formula is C15H14Cl2N2O3S. The van der Waals surface area contributed by atoms with Crippen LogP contribution in [-0.4, -0.2) is 14.3 Å². The van der Waals surface area contributed by atoms with E-state index in [0.717, 1.165) is 5.56 Å². The lowest BCUT2D eigenvalue weighted by Crippen LogP contribution is -2.26. The molecule has 2 rings (SSSR count). The van der Waals surface area contributed by atoms with Crippen molar-refractivity contribution in [2.45, 2.75) is 17.9 Å². The van der Waals surface area contributed by atoms with Crippen molar-refractivity contribution in [3.63, 3.8) is 0 Å². The standard InChI is InChI=1S/C15H14Cl2N2O3S/c1-9(10-2-5-12(6-3-10)23(18,21)22)19-15(20)11-4-7-13(16)14(17)8-11/h2-9H,1H3,(H,19,20)(H2,18,21,22). The zero-order valence-electron chi connectivity index (χ0n) is 12.1. The van der Waals surface area contributed by atoms with E-state index in [-0.39, 0.29) is 16.8 Å². The van der Waals surface area contributed by atoms with E-state index >= 15 is 0 Å². The van der Waals surface area contributed by atoms with Crippen molar-refractivity contribution in [1.82, 2.24) is 5.32 Å². The third-order valence-corrected chi connectivity index (χ3v) is 4.91. The molecule has 23 heavy (non-hydrogen) atoms. The predicted molar refractivity (Wildman–Crippen MR) is 90.2 cm³/mol. The first-order valence-electron chi connectivity index (χ1n) is 6.57. The lowest BCUT2D eigenvalue weighted by atomic mass is 10.1. The molecule has 0 saturated heterocycles. The van der Waals surface area contributed by atoms with Gasteiger partial charge in [0.1, 0.15) is 0 Å². The number of nitrogens with two attached hydrogens (primary N) is 1. The summed E-state index contributed by atoms with van der Waals surface area (Å²) >= 11 is 11.7. The zero-order valence-corrected chi connectivity index (χ0v) is 14.4. The van der Waals surface area contributed by atoms with Gasteiger partial charge in [0.25, 0.3) is 5.91 Å². The van der Waals surface area contributed by atoms with Gasteiger partial charge in [-0.05, 0) is 42.8 Å². The van der Waals surface area contributed by atoms with Crippen LogP contribution in [0.3, 0.4) is 0 Å². The van der Waals surface area contributed by atoms with Gasteiger partial charge in [0.15, 0.2) is 0 Å². The first kappa shape index (κ1) is 17.7. The third kappa shape index (κ3) is 4.45. The Morgan fingerprint density at radius 2 is 1.70 bits per heavy atom. The van der Waals surface area contributed by atoms with Crippen LogP contribution in [-0.2, 0) is 10.0 Å². The Bertz CT molecular complexity index is 836. The number of hydrogen-bond donors (Lipinski definition) is 2. The van der Waals surface area contributed by atoms with E-state index < -0.39 is 10.0 Å². The fourth-order valence-corrected chi connectivity index (χ4v) is 2.76.